The summed E-state index contributed by atoms with van der Waals surface area (Å²) >= 11 is 0. The first-order chi connectivity index (χ1) is 4.70. The molecule has 0 aliphatic rings. The quantitative estimate of drug-likeness (QED) is 0.623. The molecular formula is C9H11O. The Balaban J connectivity index is 2.89. The van der Waals surface area contributed by atoms with E-state index in [1.54, 1.807) is 6.92 Å². The minimum atomic E-state index is -0.374. The molecule has 1 rings (SSSR count). The van der Waals surface area contributed by atoms with Crippen molar-refractivity contribution in [3.8, 4) is 0 Å². The van der Waals surface area contributed by atoms with Crippen LogP contribution in [0.5, 0.6) is 0 Å². The summed E-state index contributed by atoms with van der Waals surface area (Å²) in [6.07, 6.45) is -0.374. The minimum absolute atomic E-state index is 0.374. The molecule has 10 heavy (non-hydrogen) atoms. The van der Waals surface area contributed by atoms with Crippen molar-refractivity contribution in [2.24, 2.45) is 0 Å². The van der Waals surface area contributed by atoms with E-state index in [1.165, 1.54) is 0 Å². The number of aliphatic hydroxyl groups is 1. The predicted molar refractivity (Wildman–Crippen MR) is 41.5 cm³/mol. The van der Waals surface area contributed by atoms with E-state index in [0.717, 1.165) is 11.1 Å². The van der Waals surface area contributed by atoms with Gasteiger partial charge in [0.1, 0.15) is 0 Å². The summed E-state index contributed by atoms with van der Waals surface area (Å²) in [7, 11) is 0. The summed E-state index contributed by atoms with van der Waals surface area (Å²) in [6, 6.07) is 7.55. The Morgan fingerprint density at radius 3 is 2.20 bits per heavy atom. The minimum Gasteiger partial charge on any atom is -0.389 e. The predicted octanol–water partition coefficient (Wildman–Crippen LogP) is 1.92. The summed E-state index contributed by atoms with van der Waals surface area (Å²) in [6.45, 7) is 5.49. The molecule has 0 aliphatic carbocycles. The van der Waals surface area contributed by atoms with Gasteiger partial charge in [-0.15, -0.1) is 0 Å². The normalized spacial score (nSPS) is 13.1. The highest BCUT2D eigenvalue weighted by Gasteiger charge is 1.97. The van der Waals surface area contributed by atoms with E-state index in [9.17, 15) is 0 Å². The third-order valence-electron chi connectivity index (χ3n) is 1.46. The Kier molecular flexibility index (Phi) is 2.07. The molecule has 0 saturated carbocycles. The molecule has 1 N–H and O–H groups in total. The average molecular weight is 135 g/mol. The number of hydrogen-bond donors (Lipinski definition) is 1. The molecule has 1 radical (unpaired) electrons. The zero-order valence-electron chi connectivity index (χ0n) is 6.04. The Labute approximate surface area is 61.3 Å². The number of rotatable bonds is 1. The van der Waals surface area contributed by atoms with Crippen molar-refractivity contribution in [3.63, 3.8) is 0 Å². The van der Waals surface area contributed by atoms with Crippen LogP contribution in [0, 0.1) is 6.92 Å². The van der Waals surface area contributed by atoms with E-state index < -0.39 is 0 Å². The third kappa shape index (κ3) is 1.58. The van der Waals surface area contributed by atoms with E-state index in [1.807, 2.05) is 24.3 Å². The number of benzene rings is 1. The summed E-state index contributed by atoms with van der Waals surface area (Å²) < 4.78 is 0. The van der Waals surface area contributed by atoms with Crippen LogP contribution < -0.4 is 0 Å². The van der Waals surface area contributed by atoms with Crippen LogP contribution in [0.4, 0.5) is 0 Å². The highest BCUT2D eigenvalue weighted by atomic mass is 16.3. The molecule has 1 aromatic carbocycles. The van der Waals surface area contributed by atoms with Crippen LogP contribution in [0.2, 0.25) is 0 Å². The maximum Gasteiger partial charge on any atom is 0.0761 e. The van der Waals surface area contributed by atoms with Gasteiger partial charge in [0.25, 0.3) is 0 Å². The second-order valence-corrected chi connectivity index (χ2v) is 2.42. The molecule has 0 heterocycles. The van der Waals surface area contributed by atoms with E-state index in [-0.39, 0.29) is 6.10 Å². The molecule has 1 nitrogen and oxygen atoms in total. The van der Waals surface area contributed by atoms with Crippen molar-refractivity contribution in [2.45, 2.75) is 13.0 Å². The molecule has 1 atom stereocenters. The molecule has 0 aromatic heterocycles. The van der Waals surface area contributed by atoms with Crippen LogP contribution in [0.25, 0.3) is 0 Å². The Morgan fingerprint density at radius 1 is 1.30 bits per heavy atom. The van der Waals surface area contributed by atoms with Crippen molar-refractivity contribution in [1.82, 2.24) is 0 Å². The van der Waals surface area contributed by atoms with Gasteiger partial charge in [0.05, 0.1) is 6.10 Å². The maximum atomic E-state index is 9.09. The number of hydrogen-bond acceptors (Lipinski definition) is 1. The lowest BCUT2D eigenvalue weighted by Gasteiger charge is -2.02. The van der Waals surface area contributed by atoms with Gasteiger partial charge in [-0.25, -0.2) is 0 Å². The van der Waals surface area contributed by atoms with Gasteiger partial charge in [-0.2, -0.15) is 0 Å². The Morgan fingerprint density at radius 2 is 1.80 bits per heavy atom. The van der Waals surface area contributed by atoms with Crippen LogP contribution >= 0.6 is 0 Å². The summed E-state index contributed by atoms with van der Waals surface area (Å²) in [5.41, 5.74) is 1.91. The zero-order chi connectivity index (χ0) is 7.56. The SMILES string of the molecule is [CH2]c1ccc(C(C)O)cc1. The van der Waals surface area contributed by atoms with Crippen LogP contribution in [0.1, 0.15) is 24.2 Å². The van der Waals surface area contributed by atoms with Crippen molar-refractivity contribution >= 4 is 0 Å². The van der Waals surface area contributed by atoms with Crippen molar-refractivity contribution in [1.29, 1.82) is 0 Å². The fourth-order valence-corrected chi connectivity index (χ4v) is 0.796. The lowest BCUT2D eigenvalue weighted by atomic mass is 10.1. The van der Waals surface area contributed by atoms with Gasteiger partial charge in [0, 0.05) is 0 Å². The largest absolute Gasteiger partial charge is 0.389 e. The topological polar surface area (TPSA) is 20.2 Å². The van der Waals surface area contributed by atoms with E-state index in [4.69, 9.17) is 5.11 Å². The molecule has 53 valence electrons. The zero-order valence-corrected chi connectivity index (χ0v) is 6.04. The molecule has 0 saturated heterocycles. The van der Waals surface area contributed by atoms with Crippen LogP contribution in [0.15, 0.2) is 24.3 Å². The Hall–Kier alpha value is -0.820. The maximum absolute atomic E-state index is 9.09. The molecule has 0 spiro atoms. The molecule has 0 bridgehead atoms. The lowest BCUT2D eigenvalue weighted by Crippen LogP contribution is -1.89. The van der Waals surface area contributed by atoms with Gasteiger partial charge >= 0.3 is 0 Å². The van der Waals surface area contributed by atoms with E-state index in [2.05, 4.69) is 6.92 Å². The van der Waals surface area contributed by atoms with Gasteiger partial charge < -0.3 is 5.11 Å². The molecule has 1 unspecified atom stereocenters. The van der Waals surface area contributed by atoms with Gasteiger partial charge in [0.15, 0.2) is 0 Å². The lowest BCUT2D eigenvalue weighted by molar-refractivity contribution is 0.199. The standard InChI is InChI=1S/C9H11O/c1-7-3-5-9(6-4-7)8(2)10/h3-6,8,10H,1H2,2H3. The van der Waals surface area contributed by atoms with Crippen LogP contribution in [-0.2, 0) is 0 Å². The second-order valence-electron chi connectivity index (χ2n) is 2.42. The van der Waals surface area contributed by atoms with Crippen molar-refractivity contribution in [3.05, 3.63) is 42.3 Å². The fraction of sp³-hybridized carbons (Fsp3) is 0.222. The fourth-order valence-electron chi connectivity index (χ4n) is 0.796. The molecule has 1 heteroatoms. The van der Waals surface area contributed by atoms with E-state index in [0.29, 0.717) is 0 Å². The average Bonchev–Trinajstić information content (AvgIpc) is 1.88. The smallest absolute Gasteiger partial charge is 0.0761 e. The van der Waals surface area contributed by atoms with E-state index >= 15 is 0 Å². The monoisotopic (exact) mass is 135 g/mol. The van der Waals surface area contributed by atoms with Gasteiger partial charge in [-0.05, 0) is 25.0 Å². The van der Waals surface area contributed by atoms with Crippen molar-refractivity contribution < 1.29 is 5.11 Å². The first-order valence-electron chi connectivity index (χ1n) is 3.30. The van der Waals surface area contributed by atoms with Gasteiger partial charge in [0.2, 0.25) is 0 Å². The Bertz CT molecular complexity index is 198. The first-order valence-corrected chi connectivity index (χ1v) is 3.30. The summed E-state index contributed by atoms with van der Waals surface area (Å²) in [5.74, 6) is 0. The molecule has 1 aromatic rings. The number of aliphatic hydroxyl groups excluding tert-OH is 1. The first kappa shape index (κ1) is 7.29. The van der Waals surface area contributed by atoms with Gasteiger partial charge in [-0.1, -0.05) is 24.3 Å². The third-order valence-corrected chi connectivity index (χ3v) is 1.46. The second kappa shape index (κ2) is 2.84. The summed E-state index contributed by atoms with van der Waals surface area (Å²) in [4.78, 5) is 0. The van der Waals surface area contributed by atoms with Crippen molar-refractivity contribution in [2.75, 3.05) is 0 Å². The van der Waals surface area contributed by atoms with Crippen LogP contribution in [0.3, 0.4) is 0 Å². The van der Waals surface area contributed by atoms with Crippen LogP contribution in [-0.4, -0.2) is 5.11 Å². The highest BCUT2D eigenvalue weighted by Crippen LogP contribution is 2.11. The molecule has 0 amide bonds. The summed E-state index contributed by atoms with van der Waals surface area (Å²) in [5, 5.41) is 9.09. The highest BCUT2D eigenvalue weighted by molar-refractivity contribution is 5.25. The molecule has 0 fully saturated rings. The molecule has 0 aliphatic heterocycles. The molecular weight excluding hydrogens is 124 g/mol. The van der Waals surface area contributed by atoms with Gasteiger partial charge in [-0.3, -0.25) is 0 Å².